The summed E-state index contributed by atoms with van der Waals surface area (Å²) in [5.74, 6) is 2.40. The Bertz CT molecular complexity index is 1070. The van der Waals surface area contributed by atoms with Crippen molar-refractivity contribution in [2.24, 2.45) is 4.36 Å². The largest absolute Gasteiger partial charge is 0.444 e. The van der Waals surface area contributed by atoms with E-state index in [4.69, 9.17) is 9.72 Å². The third-order valence-corrected chi connectivity index (χ3v) is 4.94. The molecule has 8 nitrogen and oxygen atoms in total. The number of nitrogens with zero attached hydrogens (tertiary/aromatic N) is 6. The second-order valence-electron chi connectivity index (χ2n) is 6.50. The summed E-state index contributed by atoms with van der Waals surface area (Å²) in [6.07, 6.45) is 1.52. The maximum absolute atomic E-state index is 11.7. The molecule has 0 bridgehead atoms. The van der Waals surface area contributed by atoms with E-state index in [1.54, 1.807) is 6.07 Å². The van der Waals surface area contributed by atoms with Gasteiger partial charge in [-0.05, 0) is 26.0 Å². The molecule has 2 aromatic heterocycles. The van der Waals surface area contributed by atoms with Crippen molar-refractivity contribution in [2.75, 3.05) is 30.9 Å². The number of imidazole rings is 1. The average molecular weight is 385 g/mol. The number of fused-ring (bicyclic) bond motifs is 1. The Morgan fingerprint density at radius 2 is 2.07 bits per heavy atom. The molecule has 9 heteroatoms. The molecule has 0 amide bonds. The molecule has 1 saturated heterocycles. The van der Waals surface area contributed by atoms with Crippen molar-refractivity contribution < 1.29 is 8.95 Å². The summed E-state index contributed by atoms with van der Waals surface area (Å²) in [4.78, 5) is 16.1. The Morgan fingerprint density at radius 1 is 1.26 bits per heavy atom. The number of aromatic nitrogens is 4. The number of benzene rings is 1. The van der Waals surface area contributed by atoms with Crippen LogP contribution >= 0.6 is 0 Å². The van der Waals surface area contributed by atoms with Crippen molar-refractivity contribution in [1.29, 1.82) is 0 Å². The van der Waals surface area contributed by atoms with Crippen LogP contribution in [-0.4, -0.2) is 51.6 Å². The molecule has 4 rings (SSSR count). The average Bonchev–Trinajstić information content (AvgIpc) is 2.97. The van der Waals surface area contributed by atoms with Crippen molar-refractivity contribution in [2.45, 2.75) is 19.9 Å². The van der Waals surface area contributed by atoms with Gasteiger partial charge in [-0.3, -0.25) is 4.57 Å². The van der Waals surface area contributed by atoms with Crippen molar-refractivity contribution in [3.05, 3.63) is 36.2 Å². The van der Waals surface area contributed by atoms with Crippen LogP contribution in [-0.2, 0) is 19.5 Å². The Hall–Kier alpha value is -2.52. The first-order valence-electron chi connectivity index (χ1n) is 8.76. The minimum absolute atomic E-state index is 0.183. The van der Waals surface area contributed by atoms with E-state index in [1.807, 2.05) is 35.8 Å². The highest BCUT2D eigenvalue weighted by Crippen LogP contribution is 2.26. The van der Waals surface area contributed by atoms with E-state index in [1.165, 1.54) is 6.26 Å². The van der Waals surface area contributed by atoms with Crippen LogP contribution in [0.15, 0.2) is 34.7 Å². The van der Waals surface area contributed by atoms with Crippen molar-refractivity contribution in [3.63, 3.8) is 0 Å². The first-order valence-corrected chi connectivity index (χ1v) is 10.3. The fourth-order valence-electron chi connectivity index (χ4n) is 3.30. The minimum atomic E-state index is -1.36. The van der Waals surface area contributed by atoms with Crippen LogP contribution in [0, 0.1) is 6.92 Å². The molecule has 27 heavy (non-hydrogen) atoms. The topological polar surface area (TPSA) is 85.5 Å². The van der Waals surface area contributed by atoms with E-state index in [0.717, 1.165) is 29.2 Å². The second-order valence-corrected chi connectivity index (χ2v) is 7.53. The Kier molecular flexibility index (Phi) is 4.79. The number of aryl methyl sites for hydroxylation is 1. The molecule has 1 aromatic carbocycles. The van der Waals surface area contributed by atoms with Crippen molar-refractivity contribution in [3.8, 4) is 5.95 Å². The summed E-state index contributed by atoms with van der Waals surface area (Å²) in [6, 6.07) is 9.81. The molecule has 0 spiro atoms. The molecule has 3 heterocycles. The summed E-state index contributed by atoms with van der Waals surface area (Å²) < 4.78 is 23.3. The molecule has 1 aliphatic rings. The molecular weight excluding hydrogens is 364 g/mol. The standard InChI is InChI=1S/C18H21N6O2S/c1-12-11-26-9-8-23(12)17-10-16(22-27(3)25)20-18(21-17)24-13(2)19-14-6-4-5-7-15(14)24/h4-7,10,12H,8-9,11H2,1-3H3/q-1. The van der Waals surface area contributed by atoms with Gasteiger partial charge in [0.15, 0.2) is 0 Å². The maximum atomic E-state index is 11.7. The zero-order chi connectivity index (χ0) is 19.0. The summed E-state index contributed by atoms with van der Waals surface area (Å²) >= 11 is 0. The summed E-state index contributed by atoms with van der Waals surface area (Å²) in [7, 11) is -1.36. The van der Waals surface area contributed by atoms with Gasteiger partial charge in [-0.1, -0.05) is 12.1 Å². The molecule has 0 N–H and O–H groups in total. The van der Waals surface area contributed by atoms with Crippen molar-refractivity contribution >= 4 is 33.3 Å². The molecule has 1 fully saturated rings. The number of hydrogen-bond acceptors (Lipinski definition) is 8. The van der Waals surface area contributed by atoms with E-state index in [0.29, 0.717) is 25.0 Å². The number of rotatable bonds is 3. The first-order chi connectivity index (χ1) is 13.0. The maximum Gasteiger partial charge on any atom is 0.239 e. The molecule has 0 radical (unpaired) electrons. The molecule has 3 aromatic rings. The van der Waals surface area contributed by atoms with Gasteiger partial charge in [0.25, 0.3) is 0 Å². The van der Waals surface area contributed by atoms with Gasteiger partial charge in [0.1, 0.15) is 17.5 Å². The van der Waals surface area contributed by atoms with E-state index in [9.17, 15) is 4.21 Å². The van der Waals surface area contributed by atoms with Gasteiger partial charge in [0, 0.05) is 12.6 Å². The second kappa shape index (κ2) is 7.24. The smallest absolute Gasteiger partial charge is 0.239 e. The van der Waals surface area contributed by atoms with Gasteiger partial charge in [0.2, 0.25) is 5.95 Å². The van der Waals surface area contributed by atoms with E-state index in [2.05, 4.69) is 26.2 Å². The van der Waals surface area contributed by atoms with E-state index < -0.39 is 10.6 Å². The SMILES string of the molecule is Cc1nc2ccccc2n1-c1nc(N=[S-](C)=O)cc(N2CCOCC2C)n1. The van der Waals surface area contributed by atoms with Gasteiger partial charge >= 0.3 is 0 Å². The molecule has 0 aliphatic carbocycles. The molecule has 1 unspecified atom stereocenters. The van der Waals surface area contributed by atoms with Crippen LogP contribution in [0.4, 0.5) is 11.6 Å². The monoisotopic (exact) mass is 385 g/mol. The number of anilines is 1. The van der Waals surface area contributed by atoms with Gasteiger partial charge in [0.05, 0.1) is 30.3 Å². The van der Waals surface area contributed by atoms with Crippen LogP contribution in [0.5, 0.6) is 0 Å². The lowest BCUT2D eigenvalue weighted by Gasteiger charge is -2.34. The molecule has 1 aliphatic heterocycles. The molecule has 1 atom stereocenters. The zero-order valence-electron chi connectivity index (χ0n) is 15.5. The van der Waals surface area contributed by atoms with Gasteiger partial charge in [-0.2, -0.15) is 20.6 Å². The van der Waals surface area contributed by atoms with Gasteiger partial charge in [-0.15, -0.1) is 6.26 Å². The van der Waals surface area contributed by atoms with Gasteiger partial charge in [-0.25, -0.2) is 4.98 Å². The normalized spacial score (nSPS) is 18.9. The highest BCUT2D eigenvalue weighted by molar-refractivity contribution is 7.74. The number of ether oxygens (including phenoxy) is 1. The quantitative estimate of drug-likeness (QED) is 0.645. The Labute approximate surface area is 159 Å². The Balaban J connectivity index is 1.91. The Morgan fingerprint density at radius 3 is 2.85 bits per heavy atom. The number of para-hydroxylation sites is 2. The number of morpholine rings is 1. The fourth-order valence-corrected chi connectivity index (χ4v) is 3.66. The number of hydrogen-bond donors (Lipinski definition) is 0. The van der Waals surface area contributed by atoms with E-state index in [-0.39, 0.29) is 6.04 Å². The van der Waals surface area contributed by atoms with Crippen LogP contribution in [0.2, 0.25) is 0 Å². The van der Waals surface area contributed by atoms with E-state index >= 15 is 0 Å². The lowest BCUT2D eigenvalue weighted by Crippen LogP contribution is -2.44. The van der Waals surface area contributed by atoms with Crippen LogP contribution in [0.3, 0.4) is 0 Å². The highest BCUT2D eigenvalue weighted by atomic mass is 32.2. The van der Waals surface area contributed by atoms with Gasteiger partial charge < -0.3 is 18.2 Å². The fraction of sp³-hybridized carbons (Fsp3) is 0.389. The van der Waals surface area contributed by atoms with Crippen LogP contribution < -0.4 is 4.90 Å². The van der Waals surface area contributed by atoms with Crippen molar-refractivity contribution in [1.82, 2.24) is 19.5 Å². The lowest BCUT2D eigenvalue weighted by atomic mass is 10.2. The van der Waals surface area contributed by atoms with Crippen LogP contribution in [0.1, 0.15) is 12.7 Å². The molecule has 142 valence electrons. The predicted octanol–water partition coefficient (Wildman–Crippen LogP) is 2.76. The molecule has 0 saturated carbocycles. The third kappa shape index (κ3) is 3.52. The highest BCUT2D eigenvalue weighted by Gasteiger charge is 2.22. The van der Waals surface area contributed by atoms with Crippen LogP contribution in [0.25, 0.3) is 17.0 Å². The molecular formula is C18H21N6O2S-. The summed E-state index contributed by atoms with van der Waals surface area (Å²) in [5.41, 5.74) is 1.80. The summed E-state index contributed by atoms with van der Waals surface area (Å²) in [5, 5.41) is 0. The minimum Gasteiger partial charge on any atom is -0.444 e. The lowest BCUT2D eigenvalue weighted by molar-refractivity contribution is 0.0985. The first kappa shape index (κ1) is 17.9. The summed E-state index contributed by atoms with van der Waals surface area (Å²) in [6.45, 7) is 6.02. The third-order valence-electron chi connectivity index (χ3n) is 4.50. The zero-order valence-corrected chi connectivity index (χ0v) is 16.3. The predicted molar refractivity (Wildman–Crippen MR) is 105 cm³/mol.